The Bertz CT molecular complexity index is 878. The topological polar surface area (TPSA) is 97.3 Å². The lowest BCUT2D eigenvalue weighted by molar-refractivity contribution is -0.131. The number of tetrazole rings is 1. The predicted octanol–water partition coefficient (Wildman–Crippen LogP) is -0.237. The van der Waals surface area contributed by atoms with Crippen LogP contribution in [-0.2, 0) is 11.3 Å². The van der Waals surface area contributed by atoms with E-state index in [2.05, 4.69) is 30.5 Å². The number of nitrogens with zero attached hydrogens (tertiary/aromatic N) is 9. The summed E-state index contributed by atoms with van der Waals surface area (Å²) in [4.78, 5) is 20.7. The molecule has 25 heavy (non-hydrogen) atoms. The highest BCUT2D eigenvalue weighted by atomic mass is 16.2. The number of anilines is 1. The summed E-state index contributed by atoms with van der Waals surface area (Å²) in [6, 6.07) is 3.93. The van der Waals surface area contributed by atoms with Gasteiger partial charge in [0.05, 0.1) is 6.54 Å². The molecule has 1 saturated heterocycles. The van der Waals surface area contributed by atoms with Crippen LogP contribution in [0, 0.1) is 6.92 Å². The average Bonchev–Trinajstić information content (AvgIpc) is 3.27. The molecule has 3 aromatic heterocycles. The number of piperazine rings is 1. The lowest BCUT2D eigenvalue weighted by Gasteiger charge is -2.35. The van der Waals surface area contributed by atoms with Gasteiger partial charge in [-0.05, 0) is 29.5 Å². The van der Waals surface area contributed by atoms with Crippen molar-refractivity contribution in [1.82, 2.24) is 39.7 Å². The van der Waals surface area contributed by atoms with E-state index < -0.39 is 0 Å². The zero-order valence-electron chi connectivity index (χ0n) is 14.0. The molecule has 1 aliphatic heterocycles. The van der Waals surface area contributed by atoms with Crippen LogP contribution in [0.1, 0.15) is 12.2 Å². The number of carbonyl (C=O) groups is 1. The molecule has 0 aromatic carbocycles. The third-order valence-corrected chi connectivity index (χ3v) is 4.45. The van der Waals surface area contributed by atoms with E-state index in [0.29, 0.717) is 26.1 Å². The van der Waals surface area contributed by atoms with Gasteiger partial charge in [0.2, 0.25) is 5.91 Å². The molecule has 0 atom stereocenters. The van der Waals surface area contributed by atoms with E-state index >= 15 is 0 Å². The number of aryl methyl sites for hydroxylation is 2. The largest absolute Gasteiger partial charge is 0.352 e. The second kappa shape index (κ2) is 6.46. The third kappa shape index (κ3) is 3.14. The van der Waals surface area contributed by atoms with Gasteiger partial charge >= 0.3 is 0 Å². The molecule has 0 saturated carbocycles. The standard InChI is InChI=1S/C15H19N9O/c1-12-17-19-20-23(12)6-4-15(25)22-10-8-21(9-11-22)14-3-2-13-16-5-7-24(13)18-14/h2-3,5,7H,4,6,8-11H2,1H3. The molecule has 10 nitrogen and oxygen atoms in total. The first-order chi connectivity index (χ1) is 12.2. The Kier molecular flexibility index (Phi) is 4.00. The minimum absolute atomic E-state index is 0.132. The van der Waals surface area contributed by atoms with Crippen LogP contribution in [0.3, 0.4) is 0 Å². The first-order valence-electron chi connectivity index (χ1n) is 8.26. The van der Waals surface area contributed by atoms with Crippen molar-refractivity contribution >= 4 is 17.4 Å². The van der Waals surface area contributed by atoms with Crippen LogP contribution in [0.5, 0.6) is 0 Å². The van der Waals surface area contributed by atoms with Crippen molar-refractivity contribution in [3.63, 3.8) is 0 Å². The summed E-state index contributed by atoms with van der Waals surface area (Å²) in [6.45, 7) is 5.25. The summed E-state index contributed by atoms with van der Waals surface area (Å²) < 4.78 is 3.42. The SMILES string of the molecule is Cc1nnnn1CCC(=O)N1CCN(c2ccc3nccn3n2)CC1. The summed E-state index contributed by atoms with van der Waals surface area (Å²) in [7, 11) is 0. The molecule has 0 radical (unpaired) electrons. The summed E-state index contributed by atoms with van der Waals surface area (Å²) >= 11 is 0. The van der Waals surface area contributed by atoms with E-state index in [-0.39, 0.29) is 5.91 Å². The molecule has 4 rings (SSSR count). The minimum atomic E-state index is 0.132. The Morgan fingerprint density at radius 1 is 1.20 bits per heavy atom. The highest BCUT2D eigenvalue weighted by Gasteiger charge is 2.22. The first kappa shape index (κ1) is 15.5. The number of hydrogen-bond donors (Lipinski definition) is 0. The van der Waals surface area contributed by atoms with Crippen LogP contribution >= 0.6 is 0 Å². The fourth-order valence-corrected chi connectivity index (χ4v) is 2.97. The van der Waals surface area contributed by atoms with Gasteiger partial charge in [0.25, 0.3) is 0 Å². The van der Waals surface area contributed by atoms with Gasteiger partial charge in [0, 0.05) is 45.0 Å². The normalized spacial score (nSPS) is 15.1. The fraction of sp³-hybridized carbons (Fsp3) is 0.467. The van der Waals surface area contributed by atoms with Gasteiger partial charge in [0.1, 0.15) is 11.6 Å². The Hall–Kier alpha value is -3.04. The van der Waals surface area contributed by atoms with E-state index in [4.69, 9.17) is 0 Å². The molecule has 0 bridgehead atoms. The Labute approximate surface area is 144 Å². The molecule has 0 aliphatic carbocycles. The minimum Gasteiger partial charge on any atom is -0.352 e. The Balaban J connectivity index is 1.33. The molecule has 0 N–H and O–H groups in total. The first-order valence-corrected chi connectivity index (χ1v) is 8.26. The van der Waals surface area contributed by atoms with Crippen LogP contribution in [-0.4, -0.2) is 71.8 Å². The van der Waals surface area contributed by atoms with E-state index in [1.807, 2.05) is 30.2 Å². The van der Waals surface area contributed by atoms with E-state index in [1.54, 1.807) is 15.4 Å². The number of imidazole rings is 1. The molecule has 1 amide bonds. The summed E-state index contributed by atoms with van der Waals surface area (Å²) in [6.07, 6.45) is 3.97. The third-order valence-electron chi connectivity index (χ3n) is 4.45. The molecule has 1 fully saturated rings. The van der Waals surface area contributed by atoms with Gasteiger partial charge in [-0.3, -0.25) is 4.79 Å². The molecule has 1 aliphatic rings. The van der Waals surface area contributed by atoms with Crippen molar-refractivity contribution in [2.24, 2.45) is 0 Å². The van der Waals surface area contributed by atoms with Crippen molar-refractivity contribution < 1.29 is 4.79 Å². The number of carbonyl (C=O) groups excluding carboxylic acids is 1. The van der Waals surface area contributed by atoms with Crippen LogP contribution in [0.15, 0.2) is 24.5 Å². The van der Waals surface area contributed by atoms with Crippen molar-refractivity contribution in [3.05, 3.63) is 30.4 Å². The maximum Gasteiger partial charge on any atom is 0.224 e. The molecule has 0 unspecified atom stereocenters. The molecular formula is C15H19N9O. The van der Waals surface area contributed by atoms with Gasteiger partial charge in [-0.25, -0.2) is 14.2 Å². The van der Waals surface area contributed by atoms with Gasteiger partial charge < -0.3 is 9.80 Å². The van der Waals surface area contributed by atoms with E-state index in [0.717, 1.165) is 30.4 Å². The number of amides is 1. The molecule has 3 aromatic rings. The molecule has 4 heterocycles. The lowest BCUT2D eigenvalue weighted by atomic mass is 10.2. The number of fused-ring (bicyclic) bond motifs is 1. The van der Waals surface area contributed by atoms with Gasteiger partial charge in [-0.1, -0.05) is 0 Å². The van der Waals surface area contributed by atoms with Crippen LogP contribution < -0.4 is 4.90 Å². The summed E-state index contributed by atoms with van der Waals surface area (Å²) in [5.41, 5.74) is 0.829. The number of aromatic nitrogens is 7. The van der Waals surface area contributed by atoms with Gasteiger partial charge in [-0.15, -0.1) is 10.2 Å². The molecule has 0 spiro atoms. The van der Waals surface area contributed by atoms with Gasteiger partial charge in [-0.2, -0.15) is 0 Å². The van der Waals surface area contributed by atoms with Crippen molar-refractivity contribution in [3.8, 4) is 0 Å². The van der Waals surface area contributed by atoms with Gasteiger partial charge in [0.15, 0.2) is 5.65 Å². The second-order valence-electron chi connectivity index (χ2n) is 5.99. The van der Waals surface area contributed by atoms with Crippen LogP contribution in [0.25, 0.3) is 5.65 Å². The lowest BCUT2D eigenvalue weighted by Crippen LogP contribution is -2.49. The summed E-state index contributed by atoms with van der Waals surface area (Å²) in [5, 5.41) is 15.8. The molecule has 10 heteroatoms. The zero-order valence-corrected chi connectivity index (χ0v) is 14.0. The van der Waals surface area contributed by atoms with E-state index in [1.165, 1.54) is 0 Å². The smallest absolute Gasteiger partial charge is 0.224 e. The predicted molar refractivity (Wildman–Crippen MR) is 89.0 cm³/mol. The number of hydrogen-bond acceptors (Lipinski definition) is 7. The number of rotatable bonds is 4. The maximum absolute atomic E-state index is 12.4. The fourth-order valence-electron chi connectivity index (χ4n) is 2.97. The Morgan fingerprint density at radius 2 is 2.04 bits per heavy atom. The Morgan fingerprint density at radius 3 is 2.80 bits per heavy atom. The van der Waals surface area contributed by atoms with Crippen LogP contribution in [0.4, 0.5) is 5.82 Å². The monoisotopic (exact) mass is 341 g/mol. The van der Waals surface area contributed by atoms with Crippen molar-refractivity contribution in [1.29, 1.82) is 0 Å². The molecular weight excluding hydrogens is 322 g/mol. The second-order valence-corrected chi connectivity index (χ2v) is 5.99. The van der Waals surface area contributed by atoms with Crippen molar-refractivity contribution in [2.45, 2.75) is 19.9 Å². The van der Waals surface area contributed by atoms with Crippen LogP contribution in [0.2, 0.25) is 0 Å². The van der Waals surface area contributed by atoms with Crippen molar-refractivity contribution in [2.75, 3.05) is 31.1 Å². The van der Waals surface area contributed by atoms with E-state index in [9.17, 15) is 4.79 Å². The molecule has 130 valence electrons. The average molecular weight is 341 g/mol. The summed E-state index contributed by atoms with van der Waals surface area (Å²) in [5.74, 6) is 1.76. The highest BCUT2D eigenvalue weighted by Crippen LogP contribution is 2.14. The maximum atomic E-state index is 12.4. The zero-order chi connectivity index (χ0) is 17.2. The quantitative estimate of drug-likeness (QED) is 0.646. The highest BCUT2D eigenvalue weighted by molar-refractivity contribution is 5.76.